The van der Waals surface area contributed by atoms with Crippen molar-refractivity contribution in [3.8, 4) is 6.07 Å². The van der Waals surface area contributed by atoms with Crippen molar-refractivity contribution >= 4 is 46.4 Å². The van der Waals surface area contributed by atoms with Gasteiger partial charge in [0.25, 0.3) is 0 Å². The Kier molecular flexibility index (Phi) is 8.47. The van der Waals surface area contributed by atoms with Gasteiger partial charge >= 0.3 is 0 Å². The summed E-state index contributed by atoms with van der Waals surface area (Å²) < 4.78 is 1.90. The fourth-order valence-electron chi connectivity index (χ4n) is 3.52. The number of guanidine groups is 1. The van der Waals surface area contributed by atoms with E-state index >= 15 is 0 Å². The molecule has 10 heteroatoms. The lowest BCUT2D eigenvalue weighted by molar-refractivity contribution is 0.188. The van der Waals surface area contributed by atoms with E-state index in [4.69, 9.17) is 34.8 Å². The molecule has 4 aromatic rings. The van der Waals surface area contributed by atoms with Gasteiger partial charge in [0.15, 0.2) is 12.2 Å². The Hall–Kier alpha value is -3.54. The maximum Gasteiger partial charge on any atom is 0.199 e. The van der Waals surface area contributed by atoms with Gasteiger partial charge in [0.1, 0.15) is 0 Å². The van der Waals surface area contributed by atoms with Crippen LogP contribution in [0.1, 0.15) is 29.0 Å². The number of hydrogen-bond acceptors (Lipinski definition) is 4. The number of nitrogens with one attached hydrogen (secondary N) is 2. The Balaban J connectivity index is 1.71. The molecular weight excluding hydrogens is 519 g/mol. The second kappa shape index (κ2) is 11.9. The van der Waals surface area contributed by atoms with E-state index in [1.807, 2.05) is 16.8 Å². The van der Waals surface area contributed by atoms with Crippen LogP contribution in [0, 0.1) is 11.3 Å². The summed E-state index contributed by atoms with van der Waals surface area (Å²) in [6, 6.07) is 20.7. The summed E-state index contributed by atoms with van der Waals surface area (Å²) >= 11 is 18.7. The monoisotopic (exact) mass is 538 g/mol. The number of aliphatic imine (C=N–C) groups is 1. The normalized spacial score (nSPS) is 13.0. The summed E-state index contributed by atoms with van der Waals surface area (Å²) in [6.07, 6.45) is 3.98. The number of nitrogens with zero attached hydrogens (tertiary/aromatic N) is 4. The number of aliphatic hydroxyl groups excluding tert-OH is 1. The molecule has 2 atom stereocenters. The topological polar surface area (TPSA) is 98.3 Å². The summed E-state index contributed by atoms with van der Waals surface area (Å²) in [4.78, 5) is 8.62. The van der Waals surface area contributed by atoms with Crippen molar-refractivity contribution in [3.05, 3.63) is 117 Å². The van der Waals surface area contributed by atoms with Crippen molar-refractivity contribution in [1.82, 2.24) is 14.9 Å². The number of imidazole rings is 1. The lowest BCUT2D eigenvalue weighted by atomic mass is 10.1. The predicted molar refractivity (Wildman–Crippen MR) is 143 cm³/mol. The van der Waals surface area contributed by atoms with Crippen molar-refractivity contribution in [1.29, 1.82) is 5.26 Å². The van der Waals surface area contributed by atoms with Gasteiger partial charge in [-0.2, -0.15) is 5.26 Å². The molecule has 1 heterocycles. The third kappa shape index (κ3) is 6.78. The maximum absolute atomic E-state index is 10.9. The zero-order chi connectivity index (χ0) is 25.5. The van der Waals surface area contributed by atoms with E-state index in [-0.39, 0.29) is 12.0 Å². The van der Waals surface area contributed by atoms with Gasteiger partial charge in [-0.3, -0.25) is 0 Å². The molecule has 0 aliphatic carbocycles. The average Bonchev–Trinajstić information content (AvgIpc) is 3.38. The number of aromatic nitrogens is 2. The number of nitriles is 1. The minimum atomic E-state index is -1.24. The molecule has 0 saturated carbocycles. The van der Waals surface area contributed by atoms with Crippen molar-refractivity contribution in [2.24, 2.45) is 4.99 Å². The third-order valence-electron chi connectivity index (χ3n) is 5.27. The summed E-state index contributed by atoms with van der Waals surface area (Å²) in [7, 11) is 0. The van der Waals surface area contributed by atoms with Crippen molar-refractivity contribution in [3.63, 3.8) is 0 Å². The molecule has 0 radical (unpaired) electrons. The fourth-order valence-corrected chi connectivity index (χ4v) is 4.18. The number of anilines is 1. The van der Waals surface area contributed by atoms with Gasteiger partial charge in [0, 0.05) is 45.3 Å². The van der Waals surface area contributed by atoms with Crippen molar-refractivity contribution in [2.45, 2.75) is 18.8 Å². The Labute approximate surface area is 223 Å². The van der Waals surface area contributed by atoms with E-state index in [1.54, 1.807) is 73.2 Å². The molecular formula is C26H21Cl3N6O. The minimum absolute atomic E-state index is 0.281. The number of aliphatic hydroxyl groups is 1. The zero-order valence-corrected chi connectivity index (χ0v) is 21.1. The lowest BCUT2D eigenvalue weighted by Crippen LogP contribution is -2.36. The van der Waals surface area contributed by atoms with Crippen LogP contribution >= 0.6 is 34.8 Å². The van der Waals surface area contributed by atoms with Crippen LogP contribution in [0.4, 0.5) is 5.69 Å². The molecule has 0 saturated heterocycles. The Morgan fingerprint density at radius 3 is 2.53 bits per heavy atom. The molecule has 3 aromatic carbocycles. The molecule has 3 N–H and O–H groups in total. The van der Waals surface area contributed by atoms with Crippen LogP contribution in [0.2, 0.25) is 15.1 Å². The second-order valence-electron chi connectivity index (χ2n) is 7.84. The van der Waals surface area contributed by atoms with Crippen LogP contribution in [0.3, 0.4) is 0 Å². The van der Waals surface area contributed by atoms with Gasteiger partial charge < -0.3 is 20.3 Å². The van der Waals surface area contributed by atoms with Crippen LogP contribution in [0.15, 0.2) is 90.4 Å². The first kappa shape index (κ1) is 25.5. The highest BCUT2D eigenvalue weighted by Gasteiger charge is 2.19. The van der Waals surface area contributed by atoms with Crippen molar-refractivity contribution < 1.29 is 5.11 Å². The first-order chi connectivity index (χ1) is 17.4. The SMILES string of the molecule is N#Cc1cccc(C(O)/N=C(\Nc2ccc(Cl)cc2)NC(Cn2ccnc2)c2ccc(Cl)cc2Cl)c1. The minimum Gasteiger partial charge on any atom is -0.368 e. The highest BCUT2D eigenvalue weighted by molar-refractivity contribution is 6.35. The van der Waals surface area contributed by atoms with E-state index in [1.165, 1.54) is 0 Å². The maximum atomic E-state index is 10.9. The first-order valence-electron chi connectivity index (χ1n) is 10.9. The number of rotatable bonds is 7. The molecule has 0 amide bonds. The van der Waals surface area contributed by atoms with Crippen LogP contribution in [-0.2, 0) is 6.54 Å². The van der Waals surface area contributed by atoms with Crippen LogP contribution in [0.5, 0.6) is 0 Å². The summed E-state index contributed by atoms with van der Waals surface area (Å²) in [5.41, 5.74) is 2.38. The first-order valence-corrected chi connectivity index (χ1v) is 12.0. The fraction of sp³-hybridized carbons (Fsp3) is 0.115. The van der Waals surface area contributed by atoms with Crippen LogP contribution in [0.25, 0.3) is 0 Å². The van der Waals surface area contributed by atoms with Gasteiger partial charge in [0.2, 0.25) is 0 Å². The van der Waals surface area contributed by atoms with E-state index in [0.717, 1.165) is 5.56 Å². The Morgan fingerprint density at radius 1 is 1.06 bits per heavy atom. The van der Waals surface area contributed by atoms with Gasteiger partial charge in [-0.1, -0.05) is 53.0 Å². The molecule has 182 valence electrons. The van der Waals surface area contributed by atoms with Crippen molar-refractivity contribution in [2.75, 3.05) is 5.32 Å². The average molecular weight is 540 g/mol. The van der Waals surface area contributed by atoms with Gasteiger partial charge in [-0.05, 0) is 54.1 Å². The van der Waals surface area contributed by atoms with E-state index in [9.17, 15) is 10.4 Å². The highest BCUT2D eigenvalue weighted by Crippen LogP contribution is 2.28. The van der Waals surface area contributed by atoms with E-state index < -0.39 is 6.23 Å². The Morgan fingerprint density at radius 2 is 1.83 bits per heavy atom. The smallest absolute Gasteiger partial charge is 0.199 e. The summed E-state index contributed by atoms with van der Waals surface area (Å²) in [5, 5.41) is 28.3. The molecule has 0 bridgehead atoms. The molecule has 0 aliphatic heterocycles. The van der Waals surface area contributed by atoms with Crippen LogP contribution < -0.4 is 10.6 Å². The standard InChI is InChI=1S/C26H21Cl3N6O/c27-19-4-7-21(8-5-19)32-26(34-25(36)18-3-1-2-17(12-18)14-30)33-24(15-35-11-10-31-16-35)22-9-6-20(28)13-23(22)29/h1-13,16,24-25,36H,15H2,(H2,32,33,34). The zero-order valence-electron chi connectivity index (χ0n) is 18.8. The van der Waals surface area contributed by atoms with E-state index in [2.05, 4.69) is 26.7 Å². The lowest BCUT2D eigenvalue weighted by Gasteiger charge is -2.24. The molecule has 1 aromatic heterocycles. The third-order valence-corrected chi connectivity index (χ3v) is 6.09. The molecule has 36 heavy (non-hydrogen) atoms. The number of hydrogen-bond donors (Lipinski definition) is 3. The predicted octanol–water partition coefficient (Wildman–Crippen LogP) is 6.21. The summed E-state index contributed by atoms with van der Waals surface area (Å²) in [6.45, 7) is 0.461. The van der Waals surface area contributed by atoms with E-state index in [0.29, 0.717) is 38.4 Å². The molecule has 0 fully saturated rings. The Bertz CT molecular complexity index is 1380. The number of benzene rings is 3. The molecule has 7 nitrogen and oxygen atoms in total. The van der Waals surface area contributed by atoms with Crippen LogP contribution in [-0.4, -0.2) is 20.6 Å². The largest absolute Gasteiger partial charge is 0.368 e. The molecule has 0 aliphatic rings. The number of halogens is 3. The quantitative estimate of drug-likeness (QED) is 0.192. The molecule has 4 rings (SSSR count). The van der Waals surface area contributed by atoms with Gasteiger partial charge in [0.05, 0.1) is 24.0 Å². The van der Waals surface area contributed by atoms with Gasteiger partial charge in [-0.25, -0.2) is 9.98 Å². The molecule has 0 spiro atoms. The summed E-state index contributed by atoms with van der Waals surface area (Å²) in [5.74, 6) is 0.281. The second-order valence-corrected chi connectivity index (χ2v) is 9.12. The van der Waals surface area contributed by atoms with Gasteiger partial charge in [-0.15, -0.1) is 0 Å². The molecule has 2 unspecified atom stereocenters. The highest BCUT2D eigenvalue weighted by atomic mass is 35.5.